The van der Waals surface area contributed by atoms with Crippen LogP contribution in [0.15, 0.2) is 188 Å². The molecule has 0 atom stereocenters. The van der Waals surface area contributed by atoms with Gasteiger partial charge in [-0.3, -0.25) is 0 Å². The Balaban J connectivity index is 1.30. The maximum atomic E-state index is 10.5. The van der Waals surface area contributed by atoms with E-state index in [1.807, 2.05) is 152 Å². The van der Waals surface area contributed by atoms with Crippen LogP contribution in [0.1, 0.15) is 22.3 Å². The molecule has 77 heavy (non-hydrogen) atoms. The normalized spacial score (nSPS) is 10.5. The molecule has 9 aromatic carbocycles. The van der Waals surface area contributed by atoms with Crippen molar-refractivity contribution in [3.8, 4) is 108 Å². The molecule has 2 heterocycles. The fourth-order valence-corrected chi connectivity index (χ4v) is 9.94. The molecular formula is C66H31N11. The Labute approximate surface area is 442 Å². The van der Waals surface area contributed by atoms with Crippen molar-refractivity contribution in [2.75, 3.05) is 0 Å². The van der Waals surface area contributed by atoms with Gasteiger partial charge in [0, 0.05) is 60.8 Å². The van der Waals surface area contributed by atoms with Crippen molar-refractivity contribution in [1.82, 2.24) is 14.5 Å². The van der Waals surface area contributed by atoms with Crippen molar-refractivity contribution in [3.63, 3.8) is 0 Å². The molecule has 0 saturated heterocycles. The van der Waals surface area contributed by atoms with Crippen molar-refractivity contribution >= 4 is 44.6 Å². The summed E-state index contributed by atoms with van der Waals surface area (Å²) in [5.74, 6) is 0.424. The maximum Gasteiger partial charge on any atom is 0.197 e. The Hall–Kier alpha value is -12.2. The molecule has 0 aliphatic carbocycles. The van der Waals surface area contributed by atoms with Crippen molar-refractivity contribution < 1.29 is 0 Å². The minimum atomic E-state index is 0.121. The van der Waals surface area contributed by atoms with Crippen molar-refractivity contribution in [3.05, 3.63) is 256 Å². The van der Waals surface area contributed by atoms with Crippen LogP contribution in [0.3, 0.4) is 0 Å². The molecule has 350 valence electrons. The van der Waals surface area contributed by atoms with Crippen LogP contribution >= 0.6 is 0 Å². The molecule has 0 spiro atoms. The van der Waals surface area contributed by atoms with E-state index in [2.05, 4.69) is 48.2 Å². The van der Waals surface area contributed by atoms with E-state index in [0.29, 0.717) is 106 Å². The second kappa shape index (κ2) is 19.8. The summed E-state index contributed by atoms with van der Waals surface area (Å²) in [7, 11) is 0. The fourth-order valence-electron chi connectivity index (χ4n) is 9.94. The topological polar surface area (TPSA) is 143 Å². The maximum absolute atomic E-state index is 10.5. The first kappa shape index (κ1) is 47.1. The summed E-state index contributed by atoms with van der Waals surface area (Å²) in [6.45, 7) is 32.1. The third kappa shape index (κ3) is 8.45. The summed E-state index contributed by atoms with van der Waals surface area (Å²) in [6, 6.07) is 66.4. The molecular weight excluding hydrogens is 947 g/mol. The van der Waals surface area contributed by atoms with Gasteiger partial charge in [-0.15, -0.1) is 0 Å². The monoisotopic (exact) mass is 977 g/mol. The molecule has 0 radical (unpaired) electrons. The predicted molar refractivity (Wildman–Crippen MR) is 298 cm³/mol. The number of hydrogen-bond donors (Lipinski definition) is 0. The van der Waals surface area contributed by atoms with Crippen molar-refractivity contribution in [2.24, 2.45) is 0 Å². The van der Waals surface area contributed by atoms with Crippen LogP contribution in [-0.2, 0) is 0 Å². The summed E-state index contributed by atoms with van der Waals surface area (Å²) < 4.78 is 2.11. The lowest BCUT2D eigenvalue weighted by molar-refractivity contribution is 1.17. The Morgan fingerprint density at radius 1 is 0.377 bits per heavy atom. The Morgan fingerprint density at radius 3 is 1.43 bits per heavy atom. The molecule has 11 nitrogen and oxygen atoms in total. The van der Waals surface area contributed by atoms with E-state index in [-0.39, 0.29) is 33.8 Å². The Morgan fingerprint density at radius 2 is 0.896 bits per heavy atom. The minimum absolute atomic E-state index is 0.121. The molecule has 11 heteroatoms. The summed E-state index contributed by atoms with van der Waals surface area (Å²) >= 11 is 0. The number of rotatable bonds is 8. The Bertz CT molecular complexity index is 4310. The van der Waals surface area contributed by atoms with Gasteiger partial charge in [0.05, 0.1) is 89.8 Å². The van der Waals surface area contributed by atoms with Crippen molar-refractivity contribution in [2.45, 2.75) is 0 Å². The van der Waals surface area contributed by atoms with Crippen LogP contribution < -0.4 is 0 Å². The average Bonchev–Trinajstić information content (AvgIpc) is 3.94. The summed E-state index contributed by atoms with van der Waals surface area (Å²) in [5.41, 5.74) is 12.0. The number of hydrogen-bond acceptors (Lipinski definition) is 6. The summed E-state index contributed by atoms with van der Waals surface area (Å²) in [4.78, 5) is 25.4. The lowest BCUT2D eigenvalue weighted by Crippen LogP contribution is -2.03. The molecule has 0 unspecified atom stereocenters. The Kier molecular flexibility index (Phi) is 12.1. The van der Waals surface area contributed by atoms with E-state index in [9.17, 15) is 21.0 Å². The second-order valence-electron chi connectivity index (χ2n) is 17.7. The van der Waals surface area contributed by atoms with Gasteiger partial charge in [0.25, 0.3) is 0 Å². The lowest BCUT2D eigenvalue weighted by atomic mass is 9.91. The molecule has 0 aliphatic rings. The molecule has 0 bridgehead atoms. The van der Waals surface area contributed by atoms with E-state index in [1.54, 1.807) is 12.1 Å². The SMILES string of the molecule is [C-]#[N+]c1cccc(-c2cc(-c3nc(-c4ccccc4)cc(-c4ccccc4)n3)cc(-c3cccc(C#N)c3)c2-n2c3ccc(-c4c(C#N)cc(C#N)cc4[N+]#[C-])cc3c3cc(-c4c(C#N)cc([N+]#[C-])cc4[N+]#[C-])ccc32)c1. The van der Waals surface area contributed by atoms with E-state index in [4.69, 9.17) is 36.3 Å². The van der Waals surface area contributed by atoms with E-state index in [1.165, 1.54) is 24.3 Å². The van der Waals surface area contributed by atoms with Gasteiger partial charge in [-0.1, -0.05) is 109 Å². The van der Waals surface area contributed by atoms with E-state index in [0.717, 1.165) is 11.1 Å². The van der Waals surface area contributed by atoms with Gasteiger partial charge in [0.15, 0.2) is 28.6 Å². The highest BCUT2D eigenvalue weighted by Crippen LogP contribution is 2.48. The van der Waals surface area contributed by atoms with Crippen LogP contribution in [0.4, 0.5) is 22.7 Å². The highest BCUT2D eigenvalue weighted by atomic mass is 15.0. The summed E-state index contributed by atoms with van der Waals surface area (Å²) in [6.07, 6.45) is 0. The zero-order chi connectivity index (χ0) is 53.2. The largest absolute Gasteiger partial charge is 0.308 e. The third-order valence-corrected chi connectivity index (χ3v) is 13.3. The molecule has 0 N–H and O–H groups in total. The number of nitrogens with zero attached hydrogens (tertiary/aromatic N) is 11. The van der Waals surface area contributed by atoms with Crippen LogP contribution in [0, 0.1) is 71.6 Å². The second-order valence-corrected chi connectivity index (χ2v) is 17.7. The van der Waals surface area contributed by atoms with Gasteiger partial charge in [-0.05, 0) is 101 Å². The van der Waals surface area contributed by atoms with Gasteiger partial charge in [-0.2, -0.15) is 21.0 Å². The smallest absolute Gasteiger partial charge is 0.197 e. The molecule has 0 amide bonds. The minimum Gasteiger partial charge on any atom is -0.308 e. The molecule has 2 aromatic heterocycles. The zero-order valence-corrected chi connectivity index (χ0v) is 40.3. The van der Waals surface area contributed by atoms with E-state index >= 15 is 0 Å². The van der Waals surface area contributed by atoms with E-state index < -0.39 is 0 Å². The molecule has 0 aliphatic heterocycles. The van der Waals surface area contributed by atoms with Gasteiger partial charge < -0.3 is 4.57 Å². The predicted octanol–water partition coefficient (Wildman–Crippen LogP) is 16.9. The van der Waals surface area contributed by atoms with Gasteiger partial charge in [0.2, 0.25) is 0 Å². The van der Waals surface area contributed by atoms with Crippen LogP contribution in [0.5, 0.6) is 0 Å². The number of nitriles is 4. The first-order valence-corrected chi connectivity index (χ1v) is 23.7. The fraction of sp³-hybridized carbons (Fsp3) is 0. The number of fused-ring (bicyclic) bond motifs is 3. The zero-order valence-electron chi connectivity index (χ0n) is 40.3. The molecule has 11 aromatic rings. The first-order chi connectivity index (χ1) is 37.8. The number of aromatic nitrogens is 3. The standard InChI is InChI=1S/C66H31N11/c1-71-51-20-12-19-45(28-51)54-33-48(66-75-57(42-14-7-5-8-15-42)35-58(76-66)43-16-9-6-10-17-43)32-53(44-18-11-13-40(25-44)36-67)65(54)77-61-23-21-46(63-49(38-69)26-41(37-68)27-59(63)73-3)30-55(61)56-31-47(22-24-62(56)77)64-50(39-70)29-52(72-2)34-60(64)74-4/h5-35H. The first-order valence-electron chi connectivity index (χ1n) is 23.7. The van der Waals surface area contributed by atoms with Crippen molar-refractivity contribution in [1.29, 1.82) is 21.0 Å². The van der Waals surface area contributed by atoms with Crippen LogP contribution in [-0.4, -0.2) is 14.5 Å². The van der Waals surface area contributed by atoms with Crippen LogP contribution in [0.25, 0.3) is 125 Å². The average molecular weight is 978 g/mol. The summed E-state index contributed by atoms with van der Waals surface area (Å²) in [5, 5.41) is 42.5. The third-order valence-electron chi connectivity index (χ3n) is 13.3. The van der Waals surface area contributed by atoms with Gasteiger partial charge in [-0.25, -0.2) is 29.3 Å². The highest BCUT2D eigenvalue weighted by Gasteiger charge is 2.26. The van der Waals surface area contributed by atoms with Gasteiger partial charge in [0.1, 0.15) is 0 Å². The molecule has 0 fully saturated rings. The van der Waals surface area contributed by atoms with Gasteiger partial charge >= 0.3 is 0 Å². The molecule has 0 saturated carbocycles. The van der Waals surface area contributed by atoms with Crippen LogP contribution in [0.2, 0.25) is 0 Å². The lowest BCUT2D eigenvalue weighted by Gasteiger charge is -2.21. The molecule has 11 rings (SSSR count). The quantitative estimate of drug-likeness (QED) is 0.139. The highest BCUT2D eigenvalue weighted by molar-refractivity contribution is 6.14. The number of benzene rings is 9.